The highest BCUT2D eigenvalue weighted by atomic mass is 35.5. The summed E-state index contributed by atoms with van der Waals surface area (Å²) >= 11 is 24.9. The molecule has 0 radical (unpaired) electrons. The number of rotatable bonds is 30. The number of carbonyl (C=O) groups is 7. The van der Waals surface area contributed by atoms with E-state index in [9.17, 15) is 43.1 Å². The fourth-order valence-electron chi connectivity index (χ4n) is 15.0. The van der Waals surface area contributed by atoms with Crippen molar-refractivity contribution in [2.75, 3.05) is 80.2 Å². The number of ether oxygens (including phenoxy) is 2. The van der Waals surface area contributed by atoms with Crippen molar-refractivity contribution in [3.05, 3.63) is 76.6 Å². The van der Waals surface area contributed by atoms with E-state index >= 15 is 4.79 Å². The fourth-order valence-corrected chi connectivity index (χ4v) is 16.3. The first-order valence-corrected chi connectivity index (χ1v) is 35.5. The van der Waals surface area contributed by atoms with E-state index < -0.39 is 59.8 Å². The molecular formula is C66H84Cl2N11O13PS2. The molecule has 5 aliphatic rings. The molecule has 2 aliphatic heterocycles. The average Bonchev–Trinajstić information content (AvgIpc) is 1.40. The number of likely N-dealkylation sites (N-methyl/N-ethyl adjacent to an activating group) is 2. The van der Waals surface area contributed by atoms with E-state index in [1.165, 1.54) is 13.0 Å². The van der Waals surface area contributed by atoms with Gasteiger partial charge in [0, 0.05) is 141 Å². The van der Waals surface area contributed by atoms with Crippen LogP contribution in [-0.4, -0.2) is 152 Å². The van der Waals surface area contributed by atoms with Crippen molar-refractivity contribution in [2.45, 2.75) is 123 Å². The average molecular weight is 1410 g/mol. The predicted molar refractivity (Wildman–Crippen MR) is 371 cm³/mol. The number of phosphoric acid groups is 1. The smallest absolute Gasteiger partial charge is 0.466 e. The van der Waals surface area contributed by atoms with Crippen molar-refractivity contribution in [1.29, 1.82) is 0 Å². The number of nitrogens with one attached hydrogen (secondary N) is 5. The van der Waals surface area contributed by atoms with Crippen molar-refractivity contribution in [2.24, 2.45) is 45.5 Å². The van der Waals surface area contributed by atoms with Crippen molar-refractivity contribution in [1.82, 2.24) is 30.4 Å². The molecule has 2 aromatic heterocycles. The number of benzene rings is 3. The zero-order valence-corrected chi connectivity index (χ0v) is 58.4. The third kappa shape index (κ3) is 14.0. The minimum absolute atomic E-state index is 0.0399. The van der Waals surface area contributed by atoms with E-state index in [-0.39, 0.29) is 108 Å². The summed E-state index contributed by atoms with van der Waals surface area (Å²) in [6.45, 7) is 11.0. The maximum atomic E-state index is 15.2. The molecule has 3 aliphatic carbocycles. The first-order valence-electron chi connectivity index (χ1n) is 32.1. The number of urea groups is 1. The number of phosphoric ester groups is 1. The number of nitrogens with two attached hydrogens (primary N) is 2. The number of unbranched alkanes of at least 4 members (excludes halogenated alkanes) is 1. The molecule has 8 unspecified atom stereocenters. The van der Waals surface area contributed by atoms with Crippen molar-refractivity contribution in [3.63, 3.8) is 0 Å². The van der Waals surface area contributed by atoms with E-state index in [1.54, 1.807) is 73.1 Å². The molecule has 4 heterocycles. The van der Waals surface area contributed by atoms with Gasteiger partial charge in [0.1, 0.15) is 12.4 Å². The Morgan fingerprint density at radius 3 is 1.83 bits per heavy atom. The molecule has 0 saturated heterocycles. The lowest BCUT2D eigenvalue weighted by atomic mass is 9.72. The van der Waals surface area contributed by atoms with Crippen LogP contribution in [0.3, 0.4) is 0 Å². The number of halogens is 2. The van der Waals surface area contributed by atoms with E-state index in [2.05, 4.69) is 25.9 Å². The standard InChI is InChI=1S/C66H84Cl2N11O13PS2/c1-35(2)54(75-58(83)40(21-38(5)80)11-8-9-17-69)47(81)22-41(12-10-18-71-61(70)86)57(82)74-44-15-13-39(14-16-44)31-90-62(94)76(6)19-20-77(7)63(95)91-48-23-45-52(50-36(3)27-72-55(48)50)42(25-67)29-78(45)59(84)64-32-65(34-66(64,65)33-64)60(85)79-30-43(26-68)53-46(79)24-49(92-93(87,88)89)56-51(53)37(4)28-73-56/h13-16,23-24,27-28,35,40-43,54,72-73H,8-12,17-22,25-26,29-34,69H2,1-7H3,(H,74,82)(H,75,83)(H3,70,71,86)(H2,87,88,89). The number of thiocarbonyl (C=S) groups is 2. The van der Waals surface area contributed by atoms with Crippen LogP contribution in [0.2, 0.25) is 0 Å². The number of hydrogen-bond acceptors (Lipinski definition) is 14. The Morgan fingerprint density at radius 1 is 0.779 bits per heavy atom. The topological polar surface area (TPSA) is 337 Å². The molecular weight excluding hydrogens is 1320 g/mol. The van der Waals surface area contributed by atoms with Gasteiger partial charge in [-0.05, 0) is 143 Å². The van der Waals surface area contributed by atoms with E-state index in [0.29, 0.717) is 110 Å². The van der Waals surface area contributed by atoms with Crippen molar-refractivity contribution < 1.29 is 61.9 Å². The van der Waals surface area contributed by atoms with E-state index in [4.69, 9.17) is 73.1 Å². The molecule has 3 fully saturated rings. The molecule has 24 nitrogen and oxygen atoms in total. The first kappa shape index (κ1) is 70.9. The van der Waals surface area contributed by atoms with Crippen LogP contribution in [0.5, 0.6) is 11.5 Å². The fraction of sp³-hybridized carbons (Fsp3) is 0.530. The van der Waals surface area contributed by atoms with Gasteiger partial charge in [0.05, 0.1) is 39.3 Å². The number of Topliss-reactive ketones (excluding diaryl/α,β-unsaturated/α-hetero) is 2. The number of hydrogen-bond donors (Lipinski definition) is 9. The molecule has 5 aromatic rings. The summed E-state index contributed by atoms with van der Waals surface area (Å²) in [6.07, 6.45) is 7.30. The van der Waals surface area contributed by atoms with Crippen LogP contribution >= 0.6 is 55.5 Å². The molecule has 0 bridgehead atoms. The molecule has 95 heavy (non-hydrogen) atoms. The van der Waals surface area contributed by atoms with Gasteiger partial charge in [-0.1, -0.05) is 32.4 Å². The van der Waals surface area contributed by atoms with Crippen LogP contribution in [0, 0.1) is 47.8 Å². The third-order valence-corrected chi connectivity index (χ3v) is 22.0. The van der Waals surface area contributed by atoms with Gasteiger partial charge in [0.15, 0.2) is 17.3 Å². The Bertz CT molecular complexity index is 3940. The zero-order valence-electron chi connectivity index (χ0n) is 54.4. The monoisotopic (exact) mass is 1400 g/mol. The zero-order chi connectivity index (χ0) is 68.8. The second-order valence-electron chi connectivity index (χ2n) is 26.8. The molecule has 10 rings (SSSR count). The largest absolute Gasteiger partial charge is 0.524 e. The minimum Gasteiger partial charge on any atom is -0.466 e. The second-order valence-corrected chi connectivity index (χ2v) is 29.3. The molecule has 3 aromatic carbocycles. The summed E-state index contributed by atoms with van der Waals surface area (Å²) in [5, 5.41) is 10.3. The van der Waals surface area contributed by atoms with Gasteiger partial charge >= 0.3 is 13.9 Å². The highest BCUT2D eigenvalue weighted by molar-refractivity contribution is 7.80. The van der Waals surface area contributed by atoms with Gasteiger partial charge in [-0.2, -0.15) is 0 Å². The number of nitrogens with zero attached hydrogens (tertiary/aromatic N) is 4. The summed E-state index contributed by atoms with van der Waals surface area (Å²) in [4.78, 5) is 128. The van der Waals surface area contributed by atoms with Crippen molar-refractivity contribution >= 4 is 146 Å². The van der Waals surface area contributed by atoms with E-state index in [0.717, 1.165) is 33.2 Å². The van der Waals surface area contributed by atoms with Crippen LogP contribution in [0.4, 0.5) is 21.9 Å². The lowest BCUT2D eigenvalue weighted by Gasteiger charge is -2.37. The SMILES string of the molecule is CC(=O)CC(CCCCN)C(=O)NC(C(=O)CC(CCCNC(N)=O)C(=O)Nc1ccc(COC(=S)N(C)CCN(C)C(=S)Oc2cc3c(c4c(C)c[nH]c24)C(CCl)CN3C(=O)C23CC4(C(=O)N5CC(CCl)c6c5cc(OP(=O)(O)O)c5[nH]cc(C)c65)CC24C3)cc1)C(C)C. The number of aryl methyl sites for hydroxylation is 2. The number of aromatic nitrogens is 2. The number of fused-ring (bicyclic) bond motifs is 6. The Hall–Kier alpha value is -6.90. The van der Waals surface area contributed by atoms with Gasteiger partial charge in [-0.25, -0.2) is 9.36 Å². The highest BCUT2D eigenvalue weighted by Crippen LogP contribution is 3.01. The van der Waals surface area contributed by atoms with Crippen LogP contribution in [0.1, 0.15) is 125 Å². The van der Waals surface area contributed by atoms with Gasteiger partial charge in [-0.3, -0.25) is 33.8 Å². The van der Waals surface area contributed by atoms with Crippen molar-refractivity contribution in [3.8, 4) is 11.5 Å². The molecule has 29 heteroatoms. The lowest BCUT2D eigenvalue weighted by Crippen LogP contribution is -2.49. The first-order chi connectivity index (χ1) is 45.0. The van der Waals surface area contributed by atoms with Crippen LogP contribution in [0.25, 0.3) is 21.8 Å². The number of alkyl halides is 2. The van der Waals surface area contributed by atoms with E-state index in [1.807, 2.05) is 31.0 Å². The van der Waals surface area contributed by atoms with Gasteiger partial charge < -0.3 is 75.8 Å². The Labute approximate surface area is 572 Å². The quantitative estimate of drug-likeness (QED) is 0.00897. The highest BCUT2D eigenvalue weighted by Gasteiger charge is 3.01. The van der Waals surface area contributed by atoms with Crippen LogP contribution in [0.15, 0.2) is 48.8 Å². The van der Waals surface area contributed by atoms with Gasteiger partial charge in [0.2, 0.25) is 23.6 Å². The maximum Gasteiger partial charge on any atom is 0.524 e. The Balaban J connectivity index is 0.739. The summed E-state index contributed by atoms with van der Waals surface area (Å²) in [6, 6.07) is 8.71. The second kappa shape index (κ2) is 28.3. The van der Waals surface area contributed by atoms with Gasteiger partial charge in [-0.15, -0.1) is 23.2 Å². The molecule has 3 saturated carbocycles. The third-order valence-electron chi connectivity index (χ3n) is 20.0. The molecule has 6 amide bonds. The summed E-state index contributed by atoms with van der Waals surface area (Å²) in [5.41, 5.74) is 15.9. The Kier molecular flexibility index (Phi) is 21.1. The number of primary amides is 1. The maximum absolute atomic E-state index is 15.2. The Morgan fingerprint density at radius 2 is 1.32 bits per heavy atom. The number of H-pyrrole nitrogens is 2. The van der Waals surface area contributed by atoms with Crippen LogP contribution < -0.4 is 46.5 Å². The van der Waals surface area contributed by atoms with Gasteiger partial charge in [0.25, 0.3) is 10.3 Å². The summed E-state index contributed by atoms with van der Waals surface area (Å²) in [7, 11) is -1.38. The van der Waals surface area contributed by atoms with Crippen LogP contribution in [-0.2, 0) is 44.7 Å². The summed E-state index contributed by atoms with van der Waals surface area (Å²) in [5.74, 6) is -2.88. The lowest BCUT2D eigenvalue weighted by molar-refractivity contribution is -0.134. The number of aromatic amines is 2. The molecule has 11 N–H and O–H groups in total. The molecule has 512 valence electrons. The number of amides is 6. The predicted octanol–water partition coefficient (Wildman–Crippen LogP) is 8.80. The normalized spacial score (nSPS) is 21.3. The molecule has 1 spiro atoms. The number of ketones is 2. The minimum atomic E-state index is -4.98. The summed E-state index contributed by atoms with van der Waals surface area (Å²) < 4.78 is 29.9. The molecule has 8 atom stereocenters. The number of carbonyl (C=O) groups excluding carboxylic acids is 7. The number of anilines is 3.